The van der Waals surface area contributed by atoms with Crippen molar-refractivity contribution in [3.8, 4) is 0 Å². The van der Waals surface area contributed by atoms with Gasteiger partial charge in [0.25, 0.3) is 5.91 Å². The topological polar surface area (TPSA) is 77.2 Å². The molecule has 34 heavy (non-hydrogen) atoms. The molecule has 1 aliphatic carbocycles. The fourth-order valence-corrected chi connectivity index (χ4v) is 5.13. The van der Waals surface area contributed by atoms with E-state index in [-0.39, 0.29) is 11.3 Å². The second-order valence-corrected chi connectivity index (χ2v) is 11.6. The summed E-state index contributed by atoms with van der Waals surface area (Å²) in [7, 11) is 2.01. The standard InChI is InChI=1S/C25H34N6O2S/c1-25(2,3)24-28-20-13-19(7-8-22(20)31(24)14-17-9-11-33-12-10-17)29(4)34-30-15-21(26-16-30)23(32)27-18-5-6-18/h7-8,13,15-18H,5-6,9-12,14H2,1-4H3,(H,27,32). The molecule has 3 aromatic rings. The number of aromatic nitrogens is 4. The maximum absolute atomic E-state index is 12.2. The Morgan fingerprint density at radius 1 is 1.24 bits per heavy atom. The fourth-order valence-electron chi connectivity index (χ4n) is 4.40. The number of imidazole rings is 2. The van der Waals surface area contributed by atoms with Gasteiger partial charge in [0.2, 0.25) is 0 Å². The van der Waals surface area contributed by atoms with Crippen molar-refractivity contribution < 1.29 is 9.53 Å². The fraction of sp³-hybridized carbons (Fsp3) is 0.560. The minimum Gasteiger partial charge on any atom is -0.381 e. The predicted molar refractivity (Wildman–Crippen MR) is 136 cm³/mol. The molecule has 1 aliphatic heterocycles. The number of hydrogen-bond donors (Lipinski definition) is 1. The number of benzene rings is 1. The number of anilines is 1. The molecule has 0 atom stereocenters. The third-order valence-corrected chi connectivity index (χ3v) is 7.31. The van der Waals surface area contributed by atoms with Gasteiger partial charge in [0.05, 0.1) is 35.1 Å². The molecule has 2 aromatic heterocycles. The van der Waals surface area contributed by atoms with E-state index < -0.39 is 0 Å². The highest BCUT2D eigenvalue weighted by Crippen LogP contribution is 2.32. The van der Waals surface area contributed by atoms with Crippen LogP contribution in [0.1, 0.15) is 62.8 Å². The van der Waals surface area contributed by atoms with Crippen LogP contribution < -0.4 is 9.62 Å². The zero-order chi connectivity index (χ0) is 23.9. The Bertz CT molecular complexity index is 1170. The van der Waals surface area contributed by atoms with E-state index in [9.17, 15) is 4.79 Å². The van der Waals surface area contributed by atoms with Gasteiger partial charge in [-0.1, -0.05) is 20.8 Å². The minimum atomic E-state index is -0.101. The molecule has 8 nitrogen and oxygen atoms in total. The van der Waals surface area contributed by atoms with E-state index in [1.807, 2.05) is 11.0 Å². The summed E-state index contributed by atoms with van der Waals surface area (Å²) in [6.07, 6.45) is 7.79. The molecule has 5 rings (SSSR count). The van der Waals surface area contributed by atoms with Crippen molar-refractivity contribution in [3.05, 3.63) is 42.2 Å². The van der Waals surface area contributed by atoms with Crippen LogP contribution in [0.25, 0.3) is 11.0 Å². The van der Waals surface area contributed by atoms with Crippen molar-refractivity contribution in [2.75, 3.05) is 24.6 Å². The van der Waals surface area contributed by atoms with E-state index in [1.165, 1.54) is 17.7 Å². The maximum Gasteiger partial charge on any atom is 0.271 e. The Hall–Kier alpha value is -2.52. The van der Waals surface area contributed by atoms with Gasteiger partial charge in [-0.15, -0.1) is 0 Å². The van der Waals surface area contributed by atoms with Gasteiger partial charge in [-0.2, -0.15) is 0 Å². The van der Waals surface area contributed by atoms with Crippen LogP contribution in [0.3, 0.4) is 0 Å². The molecule has 1 saturated carbocycles. The predicted octanol–water partition coefficient (Wildman–Crippen LogP) is 4.40. The van der Waals surface area contributed by atoms with Crippen LogP contribution in [0, 0.1) is 5.92 Å². The van der Waals surface area contributed by atoms with Gasteiger partial charge in [-0.25, -0.2) is 9.97 Å². The summed E-state index contributed by atoms with van der Waals surface area (Å²) >= 11 is 1.48. The van der Waals surface area contributed by atoms with Crippen molar-refractivity contribution in [3.63, 3.8) is 0 Å². The number of carbonyl (C=O) groups is 1. The summed E-state index contributed by atoms with van der Waals surface area (Å²) < 4.78 is 11.9. The molecular weight excluding hydrogens is 448 g/mol. The molecule has 1 aromatic carbocycles. The van der Waals surface area contributed by atoms with E-state index in [4.69, 9.17) is 9.72 Å². The van der Waals surface area contributed by atoms with Gasteiger partial charge < -0.3 is 18.9 Å². The Labute approximate surface area is 205 Å². The Morgan fingerprint density at radius 2 is 2.00 bits per heavy atom. The molecule has 1 saturated heterocycles. The average Bonchev–Trinajstić information content (AvgIpc) is 3.36. The number of hydrogen-bond acceptors (Lipinski definition) is 6. The molecule has 0 bridgehead atoms. The molecule has 3 heterocycles. The molecule has 2 aliphatic rings. The van der Waals surface area contributed by atoms with Crippen molar-refractivity contribution in [2.24, 2.45) is 5.92 Å². The van der Waals surface area contributed by atoms with Crippen LogP contribution >= 0.6 is 12.1 Å². The quantitative estimate of drug-likeness (QED) is 0.503. The van der Waals surface area contributed by atoms with E-state index in [0.29, 0.717) is 17.7 Å². The van der Waals surface area contributed by atoms with Crippen LogP contribution in [-0.4, -0.2) is 50.7 Å². The first-order valence-electron chi connectivity index (χ1n) is 12.1. The van der Waals surface area contributed by atoms with Crippen LogP contribution in [0.15, 0.2) is 30.7 Å². The summed E-state index contributed by atoms with van der Waals surface area (Å²) in [5, 5.41) is 2.98. The second kappa shape index (κ2) is 9.26. The van der Waals surface area contributed by atoms with E-state index >= 15 is 0 Å². The maximum atomic E-state index is 12.2. The van der Waals surface area contributed by atoms with Gasteiger partial charge in [0, 0.05) is 38.3 Å². The summed E-state index contributed by atoms with van der Waals surface area (Å²) in [6.45, 7) is 9.38. The van der Waals surface area contributed by atoms with Crippen LogP contribution in [0.2, 0.25) is 0 Å². The highest BCUT2D eigenvalue weighted by Gasteiger charge is 2.26. The zero-order valence-corrected chi connectivity index (χ0v) is 21.3. The lowest BCUT2D eigenvalue weighted by Gasteiger charge is -2.26. The first-order chi connectivity index (χ1) is 16.3. The largest absolute Gasteiger partial charge is 0.381 e. The van der Waals surface area contributed by atoms with Crippen molar-refractivity contribution in [1.29, 1.82) is 0 Å². The molecule has 1 amide bonds. The highest BCUT2D eigenvalue weighted by atomic mass is 32.2. The lowest BCUT2D eigenvalue weighted by molar-refractivity contribution is 0.0611. The Morgan fingerprint density at radius 3 is 2.71 bits per heavy atom. The molecule has 9 heteroatoms. The second-order valence-electron chi connectivity index (χ2n) is 10.5. The smallest absolute Gasteiger partial charge is 0.271 e. The molecule has 2 fully saturated rings. The third-order valence-electron chi connectivity index (χ3n) is 6.47. The Balaban J connectivity index is 1.35. The van der Waals surface area contributed by atoms with Gasteiger partial charge in [-0.3, -0.25) is 8.77 Å². The van der Waals surface area contributed by atoms with Gasteiger partial charge in [0.15, 0.2) is 0 Å². The van der Waals surface area contributed by atoms with Crippen LogP contribution in [-0.2, 0) is 16.7 Å². The van der Waals surface area contributed by atoms with E-state index in [0.717, 1.165) is 62.5 Å². The third kappa shape index (κ3) is 5.10. The molecular formula is C25H34N6O2S. The number of amides is 1. The van der Waals surface area contributed by atoms with Crippen molar-refractivity contribution in [2.45, 2.75) is 64.5 Å². The zero-order valence-electron chi connectivity index (χ0n) is 20.5. The van der Waals surface area contributed by atoms with E-state index in [2.05, 4.69) is 58.1 Å². The SMILES string of the molecule is CN(Sn1cnc(C(=O)NC2CC2)c1)c1ccc2c(c1)nc(C(C)(C)C)n2CC1CCOCC1. The van der Waals surface area contributed by atoms with Crippen molar-refractivity contribution >= 4 is 34.8 Å². The summed E-state index contributed by atoms with van der Waals surface area (Å²) in [4.78, 5) is 21.6. The lowest BCUT2D eigenvalue weighted by atomic mass is 9.94. The summed E-state index contributed by atoms with van der Waals surface area (Å²) in [5.74, 6) is 1.65. The molecule has 0 radical (unpaired) electrons. The van der Waals surface area contributed by atoms with Gasteiger partial charge in [0.1, 0.15) is 17.8 Å². The average molecular weight is 483 g/mol. The van der Waals surface area contributed by atoms with Gasteiger partial charge in [-0.05, 0) is 49.8 Å². The summed E-state index contributed by atoms with van der Waals surface area (Å²) in [6, 6.07) is 6.80. The Kier molecular flexibility index (Phi) is 6.33. The monoisotopic (exact) mass is 482 g/mol. The molecule has 0 unspecified atom stereocenters. The number of rotatable bonds is 7. The van der Waals surface area contributed by atoms with Gasteiger partial charge >= 0.3 is 0 Å². The first kappa shape index (κ1) is 23.2. The first-order valence-corrected chi connectivity index (χ1v) is 12.9. The molecule has 1 N–H and O–H groups in total. The number of carbonyl (C=O) groups excluding carboxylic acids is 1. The van der Waals surface area contributed by atoms with Crippen molar-refractivity contribution in [1.82, 2.24) is 23.8 Å². The van der Waals surface area contributed by atoms with Crippen LogP contribution in [0.4, 0.5) is 5.69 Å². The van der Waals surface area contributed by atoms with Crippen LogP contribution in [0.5, 0.6) is 0 Å². The number of nitrogens with one attached hydrogen (secondary N) is 1. The normalized spacial score (nSPS) is 17.3. The highest BCUT2D eigenvalue weighted by molar-refractivity contribution is 7.99. The summed E-state index contributed by atoms with van der Waals surface area (Å²) in [5.41, 5.74) is 3.65. The minimum absolute atomic E-state index is 0.0424. The number of nitrogens with zero attached hydrogens (tertiary/aromatic N) is 5. The number of ether oxygens (including phenoxy) is 1. The number of fused-ring (bicyclic) bond motifs is 1. The lowest BCUT2D eigenvalue weighted by Crippen LogP contribution is -2.25. The van der Waals surface area contributed by atoms with E-state index in [1.54, 1.807) is 12.5 Å². The molecule has 0 spiro atoms. The molecule has 182 valence electrons.